The Balaban J connectivity index is -0.00000288. The minimum atomic E-state index is 0. The molecule has 0 aromatic carbocycles. The second-order valence-corrected chi connectivity index (χ2v) is 10.8. The van der Waals surface area contributed by atoms with Crippen molar-refractivity contribution in [2.45, 2.75) is 136 Å². The van der Waals surface area contributed by atoms with E-state index in [-0.39, 0.29) is 10.9 Å². The van der Waals surface area contributed by atoms with Gasteiger partial charge in [-0.25, -0.2) is 0 Å². The van der Waals surface area contributed by atoms with E-state index in [1.165, 1.54) is 116 Å². The SMILES string of the molecule is CCCCCCCCP(CCCCCCCC)CCCCCCCC.F.N. The molecule has 0 fully saturated rings. The molecule has 3 N–H and O–H groups in total. The van der Waals surface area contributed by atoms with Crippen molar-refractivity contribution in [2.24, 2.45) is 0 Å². The van der Waals surface area contributed by atoms with Crippen molar-refractivity contribution in [3.05, 3.63) is 0 Å². The van der Waals surface area contributed by atoms with Crippen LogP contribution in [0.25, 0.3) is 0 Å². The Hall–Kier alpha value is 0.320. The van der Waals surface area contributed by atoms with Gasteiger partial charge in [0.1, 0.15) is 0 Å². The van der Waals surface area contributed by atoms with Crippen LogP contribution in [-0.2, 0) is 0 Å². The van der Waals surface area contributed by atoms with E-state index in [4.69, 9.17) is 0 Å². The van der Waals surface area contributed by atoms with Crippen LogP contribution < -0.4 is 6.15 Å². The second-order valence-electron chi connectivity index (χ2n) is 8.14. The third-order valence-electron chi connectivity index (χ3n) is 5.48. The molecule has 1 nitrogen and oxygen atoms in total. The normalized spacial score (nSPS) is 10.7. The van der Waals surface area contributed by atoms with Gasteiger partial charge in [0.05, 0.1) is 0 Å². The lowest BCUT2D eigenvalue weighted by molar-refractivity contribution is 0.617. The van der Waals surface area contributed by atoms with E-state index in [2.05, 4.69) is 20.8 Å². The van der Waals surface area contributed by atoms with Gasteiger partial charge in [-0.15, -0.1) is 7.92 Å². The Morgan fingerprint density at radius 2 is 0.593 bits per heavy atom. The first-order valence-electron chi connectivity index (χ1n) is 12.1. The zero-order chi connectivity index (χ0) is 18.4. The fourth-order valence-electron chi connectivity index (χ4n) is 3.68. The first-order valence-corrected chi connectivity index (χ1v) is 14.0. The smallest absolute Gasteiger partial charge is 0.0326 e. The van der Waals surface area contributed by atoms with Crippen LogP contribution in [0.1, 0.15) is 136 Å². The second kappa shape index (κ2) is 28.5. The van der Waals surface area contributed by atoms with E-state index in [0.717, 1.165) is 0 Å². The monoisotopic (exact) mass is 407 g/mol. The van der Waals surface area contributed by atoms with E-state index in [9.17, 15) is 0 Å². The maximum atomic E-state index is 2.32. The molecule has 27 heavy (non-hydrogen) atoms. The van der Waals surface area contributed by atoms with Crippen molar-refractivity contribution in [1.82, 2.24) is 6.15 Å². The third-order valence-corrected chi connectivity index (χ3v) is 8.33. The topological polar surface area (TPSA) is 35.0 Å². The molecule has 0 radical (unpaired) electrons. The van der Waals surface area contributed by atoms with E-state index in [1.807, 2.05) is 0 Å². The Morgan fingerprint density at radius 3 is 0.852 bits per heavy atom. The van der Waals surface area contributed by atoms with E-state index >= 15 is 0 Å². The van der Waals surface area contributed by atoms with E-state index in [0.29, 0.717) is 7.92 Å². The molecule has 0 amide bonds. The molecule has 0 unspecified atom stereocenters. The minimum Gasteiger partial charge on any atom is -0.344 e. The quantitative estimate of drug-likeness (QED) is 0.149. The molecule has 0 saturated carbocycles. The standard InChI is InChI=1S/C24H51P.FH.H3N/c1-4-7-10-13-16-19-22-25(23-20-17-14-11-8-5-2)24-21-18-15-12-9-6-3;;/h4-24H2,1-3H3;1H;1H3. The lowest BCUT2D eigenvalue weighted by atomic mass is 10.1. The molecule has 0 heterocycles. The van der Waals surface area contributed by atoms with Gasteiger partial charge < -0.3 is 6.15 Å². The predicted molar refractivity (Wildman–Crippen MR) is 129 cm³/mol. The van der Waals surface area contributed by atoms with Crippen molar-refractivity contribution >= 4 is 7.92 Å². The molecular formula is C24H55FNP. The molecule has 3 heteroatoms. The van der Waals surface area contributed by atoms with Gasteiger partial charge in [0.25, 0.3) is 0 Å². The highest BCUT2D eigenvalue weighted by Gasteiger charge is 2.07. The predicted octanol–water partition coefficient (Wildman–Crippen LogP) is 9.86. The van der Waals surface area contributed by atoms with Crippen molar-refractivity contribution in [3.63, 3.8) is 0 Å². The van der Waals surface area contributed by atoms with Crippen LogP contribution >= 0.6 is 7.92 Å². The maximum absolute atomic E-state index is 2.32. The molecule has 0 rings (SSSR count). The van der Waals surface area contributed by atoms with Crippen LogP contribution in [0, 0.1) is 0 Å². The van der Waals surface area contributed by atoms with Crippen LogP contribution in [-0.4, -0.2) is 18.5 Å². The summed E-state index contributed by atoms with van der Waals surface area (Å²) in [5.74, 6) is 0. The lowest BCUT2D eigenvalue weighted by Gasteiger charge is -2.18. The van der Waals surface area contributed by atoms with Crippen molar-refractivity contribution in [2.75, 3.05) is 18.5 Å². The molecule has 0 aliphatic rings. The van der Waals surface area contributed by atoms with Crippen molar-refractivity contribution < 1.29 is 4.70 Å². The average molecular weight is 408 g/mol. The third kappa shape index (κ3) is 26.3. The van der Waals surface area contributed by atoms with Crippen LogP contribution in [0.15, 0.2) is 0 Å². The molecule has 0 aromatic heterocycles. The summed E-state index contributed by atoms with van der Waals surface area (Å²) >= 11 is 0. The minimum absolute atomic E-state index is 0. The fourth-order valence-corrected chi connectivity index (χ4v) is 6.37. The Labute approximate surface area is 173 Å². The fraction of sp³-hybridized carbons (Fsp3) is 1.00. The number of unbranched alkanes of at least 4 members (excludes halogenated alkanes) is 15. The Kier molecular flexibility index (Phi) is 33.8. The van der Waals surface area contributed by atoms with Gasteiger partial charge in [0, 0.05) is 0 Å². The zero-order valence-corrected chi connectivity index (χ0v) is 20.3. The van der Waals surface area contributed by atoms with Crippen LogP contribution in [0.3, 0.4) is 0 Å². The van der Waals surface area contributed by atoms with Crippen LogP contribution in [0.4, 0.5) is 4.70 Å². The lowest BCUT2D eigenvalue weighted by Crippen LogP contribution is -1.97. The number of halogens is 1. The van der Waals surface area contributed by atoms with Crippen molar-refractivity contribution in [1.29, 1.82) is 0 Å². The molecule has 0 atom stereocenters. The van der Waals surface area contributed by atoms with Gasteiger partial charge >= 0.3 is 0 Å². The molecule has 0 aliphatic carbocycles. The van der Waals surface area contributed by atoms with Gasteiger partial charge in [0.2, 0.25) is 0 Å². The van der Waals surface area contributed by atoms with Gasteiger partial charge in [-0.05, 0) is 37.7 Å². The summed E-state index contributed by atoms with van der Waals surface area (Å²) in [4.78, 5) is 0. The molecule has 0 aromatic rings. The molecule has 0 aliphatic heterocycles. The Bertz CT molecular complexity index is 200. The largest absolute Gasteiger partial charge is 0.344 e. The summed E-state index contributed by atoms with van der Waals surface area (Å²) in [6, 6.07) is 0. The highest BCUT2D eigenvalue weighted by Crippen LogP contribution is 2.39. The Morgan fingerprint density at radius 1 is 0.370 bits per heavy atom. The van der Waals surface area contributed by atoms with Crippen LogP contribution in [0.2, 0.25) is 0 Å². The first kappa shape index (κ1) is 32.0. The van der Waals surface area contributed by atoms with Gasteiger partial charge in [-0.3, -0.25) is 4.70 Å². The van der Waals surface area contributed by atoms with E-state index < -0.39 is 0 Å². The summed E-state index contributed by atoms with van der Waals surface area (Å²) in [5.41, 5.74) is 0. The molecule has 168 valence electrons. The molecule has 0 saturated heterocycles. The first-order chi connectivity index (χ1) is 12.3. The molecule has 0 spiro atoms. The highest BCUT2D eigenvalue weighted by atomic mass is 31.1. The molecular weight excluding hydrogens is 352 g/mol. The summed E-state index contributed by atoms with van der Waals surface area (Å²) < 4.78 is 0. The maximum Gasteiger partial charge on any atom is -0.0326 e. The van der Waals surface area contributed by atoms with Gasteiger partial charge in [0.15, 0.2) is 0 Å². The van der Waals surface area contributed by atoms with Gasteiger partial charge in [-0.1, -0.05) is 117 Å². The molecule has 0 bridgehead atoms. The number of rotatable bonds is 21. The van der Waals surface area contributed by atoms with Crippen molar-refractivity contribution in [3.8, 4) is 0 Å². The highest BCUT2D eigenvalue weighted by molar-refractivity contribution is 7.57. The number of hydrogen-bond donors (Lipinski definition) is 1. The summed E-state index contributed by atoms with van der Waals surface area (Å²) in [7, 11) is 0.366. The van der Waals surface area contributed by atoms with Gasteiger partial charge in [-0.2, -0.15) is 0 Å². The summed E-state index contributed by atoms with van der Waals surface area (Å²) in [5, 5.41) is 0. The number of hydrogen-bond acceptors (Lipinski definition) is 1. The van der Waals surface area contributed by atoms with Crippen LogP contribution in [0.5, 0.6) is 0 Å². The summed E-state index contributed by atoms with van der Waals surface area (Å²) in [6.45, 7) is 6.96. The summed E-state index contributed by atoms with van der Waals surface area (Å²) in [6.07, 6.45) is 31.2. The zero-order valence-electron chi connectivity index (χ0n) is 19.4. The average Bonchev–Trinajstić information content (AvgIpc) is 2.63. The van der Waals surface area contributed by atoms with E-state index in [1.54, 1.807) is 18.5 Å².